The molecule has 0 aliphatic carbocycles. The van der Waals surface area contributed by atoms with Crippen molar-refractivity contribution in [3.8, 4) is 5.75 Å². The molecule has 0 bridgehead atoms. The van der Waals surface area contributed by atoms with E-state index in [0.29, 0.717) is 0 Å². The third-order valence-electron chi connectivity index (χ3n) is 2.65. The molecule has 0 fully saturated rings. The van der Waals surface area contributed by atoms with E-state index in [9.17, 15) is 0 Å². The van der Waals surface area contributed by atoms with Crippen LogP contribution in [0.3, 0.4) is 0 Å². The standard InChI is InChI=1S/C13H11NO/c1-2-7-13-11(5-1)12-6-3-4-8-14(12)9-10-15-13/h1-10,12H. The summed E-state index contributed by atoms with van der Waals surface area (Å²) in [7, 11) is 0. The van der Waals surface area contributed by atoms with Crippen molar-refractivity contribution in [2.45, 2.75) is 6.04 Å². The van der Waals surface area contributed by atoms with Gasteiger partial charge in [0.1, 0.15) is 12.0 Å². The number of hydrogen-bond donors (Lipinski definition) is 0. The number of ether oxygens (including phenoxy) is 1. The Kier molecular flexibility index (Phi) is 1.85. The number of hydrogen-bond acceptors (Lipinski definition) is 2. The zero-order valence-electron chi connectivity index (χ0n) is 8.21. The van der Waals surface area contributed by atoms with E-state index in [2.05, 4.69) is 23.1 Å². The molecular weight excluding hydrogens is 186 g/mol. The van der Waals surface area contributed by atoms with Crippen molar-refractivity contribution in [1.82, 2.24) is 4.90 Å². The van der Waals surface area contributed by atoms with E-state index >= 15 is 0 Å². The maximum Gasteiger partial charge on any atom is 0.132 e. The first kappa shape index (κ1) is 8.36. The third kappa shape index (κ3) is 1.34. The summed E-state index contributed by atoms with van der Waals surface area (Å²) in [6, 6.07) is 8.38. The Bertz CT molecular complexity index is 459. The lowest BCUT2D eigenvalue weighted by Crippen LogP contribution is -2.16. The first-order chi connectivity index (χ1) is 7.45. The molecular formula is C13H11NO. The van der Waals surface area contributed by atoms with Crippen molar-refractivity contribution in [2.75, 3.05) is 0 Å². The topological polar surface area (TPSA) is 12.5 Å². The van der Waals surface area contributed by atoms with Crippen molar-refractivity contribution in [1.29, 1.82) is 0 Å². The quantitative estimate of drug-likeness (QED) is 0.634. The molecule has 0 saturated carbocycles. The van der Waals surface area contributed by atoms with Crippen LogP contribution in [0.2, 0.25) is 0 Å². The van der Waals surface area contributed by atoms with Gasteiger partial charge in [-0.3, -0.25) is 0 Å². The van der Waals surface area contributed by atoms with E-state index in [0.717, 1.165) is 5.75 Å². The predicted octanol–water partition coefficient (Wildman–Crippen LogP) is 2.98. The molecule has 0 amide bonds. The van der Waals surface area contributed by atoms with Gasteiger partial charge >= 0.3 is 0 Å². The average molecular weight is 197 g/mol. The minimum absolute atomic E-state index is 0.255. The van der Waals surface area contributed by atoms with E-state index in [1.54, 1.807) is 6.26 Å². The van der Waals surface area contributed by atoms with Crippen LogP contribution in [0, 0.1) is 0 Å². The zero-order valence-corrected chi connectivity index (χ0v) is 8.21. The Morgan fingerprint density at radius 3 is 3.00 bits per heavy atom. The fraction of sp³-hybridized carbons (Fsp3) is 0.0769. The molecule has 74 valence electrons. The van der Waals surface area contributed by atoms with Crippen molar-refractivity contribution in [2.24, 2.45) is 0 Å². The van der Waals surface area contributed by atoms with E-state index in [4.69, 9.17) is 4.74 Å². The Labute approximate surface area is 88.8 Å². The normalized spacial score (nSPS) is 21.6. The van der Waals surface area contributed by atoms with Crippen molar-refractivity contribution < 1.29 is 4.74 Å². The molecule has 3 rings (SSSR count). The minimum Gasteiger partial charge on any atom is -0.463 e. The monoisotopic (exact) mass is 197 g/mol. The lowest BCUT2D eigenvalue weighted by molar-refractivity contribution is 0.436. The van der Waals surface area contributed by atoms with E-state index in [1.807, 2.05) is 36.7 Å². The Balaban J connectivity index is 2.13. The van der Waals surface area contributed by atoms with Crippen LogP contribution in [0.4, 0.5) is 0 Å². The average Bonchev–Trinajstić information content (AvgIpc) is 2.48. The zero-order chi connectivity index (χ0) is 10.1. The van der Waals surface area contributed by atoms with Crippen molar-refractivity contribution >= 4 is 0 Å². The fourth-order valence-electron chi connectivity index (χ4n) is 1.92. The van der Waals surface area contributed by atoms with E-state index in [-0.39, 0.29) is 6.04 Å². The molecule has 1 unspecified atom stereocenters. The maximum atomic E-state index is 5.55. The molecule has 1 aromatic carbocycles. The highest BCUT2D eigenvalue weighted by atomic mass is 16.5. The van der Waals surface area contributed by atoms with E-state index < -0.39 is 0 Å². The smallest absolute Gasteiger partial charge is 0.132 e. The fourth-order valence-corrected chi connectivity index (χ4v) is 1.92. The maximum absolute atomic E-state index is 5.55. The number of rotatable bonds is 0. The second kappa shape index (κ2) is 3.31. The summed E-state index contributed by atoms with van der Waals surface area (Å²) in [6.45, 7) is 0. The van der Waals surface area contributed by atoms with Crippen LogP contribution in [-0.4, -0.2) is 4.90 Å². The molecule has 2 nitrogen and oxygen atoms in total. The summed E-state index contributed by atoms with van der Waals surface area (Å²) >= 11 is 0. The van der Waals surface area contributed by atoms with Crippen LogP contribution in [0.1, 0.15) is 11.6 Å². The number of nitrogens with zero attached hydrogens (tertiary/aromatic N) is 1. The summed E-state index contributed by atoms with van der Waals surface area (Å²) in [5.74, 6) is 0.932. The van der Waals surface area contributed by atoms with Gasteiger partial charge in [-0.1, -0.05) is 30.4 Å². The Hall–Kier alpha value is -1.96. The summed E-state index contributed by atoms with van der Waals surface area (Å²) in [5, 5.41) is 0. The lowest BCUT2D eigenvalue weighted by Gasteiger charge is -2.25. The highest BCUT2D eigenvalue weighted by Gasteiger charge is 2.20. The molecule has 2 aliphatic heterocycles. The summed E-state index contributed by atoms with van der Waals surface area (Å²) in [4.78, 5) is 2.13. The third-order valence-corrected chi connectivity index (χ3v) is 2.65. The molecule has 0 radical (unpaired) electrons. The Morgan fingerprint density at radius 2 is 2.00 bits per heavy atom. The second-order valence-corrected chi connectivity index (χ2v) is 3.56. The predicted molar refractivity (Wildman–Crippen MR) is 59.1 cm³/mol. The first-order valence-electron chi connectivity index (χ1n) is 5.00. The minimum atomic E-state index is 0.255. The van der Waals surface area contributed by atoms with Gasteiger partial charge in [0.2, 0.25) is 0 Å². The van der Waals surface area contributed by atoms with Gasteiger partial charge in [-0.05, 0) is 12.1 Å². The first-order valence-corrected chi connectivity index (χ1v) is 5.00. The molecule has 1 atom stereocenters. The van der Waals surface area contributed by atoms with Gasteiger partial charge in [-0.25, -0.2) is 0 Å². The van der Waals surface area contributed by atoms with Gasteiger partial charge in [0.15, 0.2) is 0 Å². The molecule has 0 spiro atoms. The molecule has 0 N–H and O–H groups in total. The summed E-state index contributed by atoms with van der Waals surface area (Å²) < 4.78 is 5.55. The summed E-state index contributed by atoms with van der Waals surface area (Å²) in [5.41, 5.74) is 1.20. The largest absolute Gasteiger partial charge is 0.463 e. The van der Waals surface area contributed by atoms with Gasteiger partial charge in [-0.2, -0.15) is 0 Å². The molecule has 15 heavy (non-hydrogen) atoms. The number of fused-ring (bicyclic) bond motifs is 3. The van der Waals surface area contributed by atoms with Crippen molar-refractivity contribution in [3.05, 3.63) is 66.7 Å². The highest BCUT2D eigenvalue weighted by molar-refractivity contribution is 5.41. The van der Waals surface area contributed by atoms with Gasteiger partial charge in [0.25, 0.3) is 0 Å². The van der Waals surface area contributed by atoms with Crippen molar-refractivity contribution in [3.63, 3.8) is 0 Å². The molecule has 2 heteroatoms. The highest BCUT2D eigenvalue weighted by Crippen LogP contribution is 2.34. The number of allylic oxidation sites excluding steroid dienone is 2. The summed E-state index contributed by atoms with van der Waals surface area (Å²) in [6.07, 6.45) is 12.0. The lowest BCUT2D eigenvalue weighted by atomic mass is 10.0. The van der Waals surface area contributed by atoms with Gasteiger partial charge in [0, 0.05) is 18.0 Å². The number of benzene rings is 1. The second-order valence-electron chi connectivity index (χ2n) is 3.56. The van der Waals surface area contributed by atoms with Gasteiger partial charge < -0.3 is 9.64 Å². The van der Waals surface area contributed by atoms with Gasteiger partial charge in [0.05, 0.1) is 6.04 Å². The van der Waals surface area contributed by atoms with E-state index in [1.165, 1.54) is 5.56 Å². The van der Waals surface area contributed by atoms with Crippen LogP contribution in [0.5, 0.6) is 5.75 Å². The Morgan fingerprint density at radius 1 is 1.07 bits per heavy atom. The van der Waals surface area contributed by atoms with Crippen LogP contribution in [0.25, 0.3) is 0 Å². The van der Waals surface area contributed by atoms with Crippen LogP contribution in [0.15, 0.2) is 61.2 Å². The van der Waals surface area contributed by atoms with Crippen LogP contribution in [-0.2, 0) is 0 Å². The molecule has 0 aromatic heterocycles. The molecule has 2 aliphatic rings. The molecule has 0 saturated heterocycles. The van der Waals surface area contributed by atoms with Crippen LogP contribution < -0.4 is 4.74 Å². The number of para-hydroxylation sites is 1. The molecule has 2 heterocycles. The SMILES string of the molecule is C1=CC2c3ccccc3OC=CN2C=C1. The van der Waals surface area contributed by atoms with Crippen LogP contribution >= 0.6 is 0 Å². The molecule has 1 aromatic rings. The van der Waals surface area contributed by atoms with Gasteiger partial charge in [-0.15, -0.1) is 0 Å².